The molecule has 4 rings (SSSR count). The maximum absolute atomic E-state index is 12.9. The Labute approximate surface area is 172 Å². The number of carbonyl (C=O) groups is 1. The fraction of sp³-hybridized carbons (Fsp3) is 0.429. The lowest BCUT2D eigenvalue weighted by molar-refractivity contribution is -0.133. The van der Waals surface area contributed by atoms with Crippen molar-refractivity contribution in [3.05, 3.63) is 59.9 Å². The lowest BCUT2D eigenvalue weighted by atomic mass is 10.2. The average molecular weight is 415 g/mol. The van der Waals surface area contributed by atoms with Gasteiger partial charge in [-0.05, 0) is 37.1 Å². The fourth-order valence-corrected chi connectivity index (χ4v) is 5.47. The highest BCUT2D eigenvalue weighted by Gasteiger charge is 2.38. The van der Waals surface area contributed by atoms with E-state index in [0.717, 1.165) is 24.1 Å². The van der Waals surface area contributed by atoms with Crippen molar-refractivity contribution >= 4 is 15.9 Å². The molecular weight excluding hydrogens is 388 g/mol. The van der Waals surface area contributed by atoms with Crippen LogP contribution in [0.4, 0.5) is 0 Å². The monoisotopic (exact) mass is 414 g/mol. The molecule has 1 amide bonds. The maximum atomic E-state index is 12.9. The first kappa shape index (κ1) is 20.0. The van der Waals surface area contributed by atoms with Gasteiger partial charge >= 0.3 is 0 Å². The van der Waals surface area contributed by atoms with Crippen LogP contribution in [0.15, 0.2) is 53.7 Å². The van der Waals surface area contributed by atoms with Gasteiger partial charge in [-0.15, -0.1) is 0 Å². The SMILES string of the molecule is Cc1ccc(S(=O)(=O)N2CCN(C3CCN(Cc4cccnc4)C3=O)CC2)cc1. The molecule has 1 unspecified atom stereocenters. The van der Waals surface area contributed by atoms with Crippen molar-refractivity contribution in [1.82, 2.24) is 19.1 Å². The number of hydrogen-bond acceptors (Lipinski definition) is 5. The smallest absolute Gasteiger partial charge is 0.243 e. The zero-order chi connectivity index (χ0) is 20.4. The third-order valence-corrected chi connectivity index (χ3v) is 7.65. The second-order valence-corrected chi connectivity index (χ2v) is 9.62. The number of piperazine rings is 1. The number of likely N-dealkylation sites (tertiary alicyclic amines) is 1. The molecule has 154 valence electrons. The van der Waals surface area contributed by atoms with Gasteiger partial charge in [0.2, 0.25) is 15.9 Å². The average Bonchev–Trinajstić information content (AvgIpc) is 3.09. The Morgan fingerprint density at radius 2 is 1.76 bits per heavy atom. The van der Waals surface area contributed by atoms with Crippen molar-refractivity contribution in [2.24, 2.45) is 0 Å². The van der Waals surface area contributed by atoms with Gasteiger partial charge in [-0.25, -0.2) is 8.42 Å². The molecule has 2 aliphatic heterocycles. The third-order valence-electron chi connectivity index (χ3n) is 5.74. The lowest BCUT2D eigenvalue weighted by Gasteiger charge is -2.36. The standard InChI is InChI=1S/C21H26N4O3S/c1-17-4-6-19(7-5-17)29(27,28)25-13-11-23(12-14-25)20-8-10-24(21(20)26)16-18-3-2-9-22-15-18/h2-7,9,15,20H,8,10-14,16H2,1H3. The van der Waals surface area contributed by atoms with Gasteiger partial charge in [0.1, 0.15) is 0 Å². The molecule has 29 heavy (non-hydrogen) atoms. The van der Waals surface area contributed by atoms with Crippen molar-refractivity contribution in [3.63, 3.8) is 0 Å². The van der Waals surface area contributed by atoms with Gasteiger partial charge in [0.25, 0.3) is 0 Å². The molecule has 2 aliphatic rings. The molecule has 0 radical (unpaired) electrons. The highest BCUT2D eigenvalue weighted by Crippen LogP contribution is 2.23. The summed E-state index contributed by atoms with van der Waals surface area (Å²) in [6.45, 7) is 5.19. The molecule has 0 bridgehead atoms. The number of rotatable bonds is 5. The second kappa shape index (κ2) is 8.22. The summed E-state index contributed by atoms with van der Waals surface area (Å²) in [6.07, 6.45) is 4.29. The number of pyridine rings is 1. The van der Waals surface area contributed by atoms with Gasteiger partial charge in [-0.3, -0.25) is 14.7 Å². The highest BCUT2D eigenvalue weighted by atomic mass is 32.2. The molecule has 2 aromatic rings. The number of amides is 1. The van der Waals surface area contributed by atoms with Gasteiger partial charge in [0.15, 0.2) is 0 Å². The number of nitrogens with zero attached hydrogens (tertiary/aromatic N) is 4. The second-order valence-electron chi connectivity index (χ2n) is 7.68. The largest absolute Gasteiger partial charge is 0.337 e. The van der Waals surface area contributed by atoms with Crippen LogP contribution in [-0.2, 0) is 21.4 Å². The van der Waals surface area contributed by atoms with E-state index in [1.165, 1.54) is 4.31 Å². The zero-order valence-corrected chi connectivity index (χ0v) is 17.4. The van der Waals surface area contributed by atoms with E-state index in [9.17, 15) is 13.2 Å². The topological polar surface area (TPSA) is 73.8 Å². The minimum Gasteiger partial charge on any atom is -0.337 e. The van der Waals surface area contributed by atoms with Crippen molar-refractivity contribution in [2.75, 3.05) is 32.7 Å². The molecule has 2 saturated heterocycles. The molecular formula is C21H26N4O3S. The molecule has 8 heteroatoms. The first-order valence-corrected chi connectivity index (χ1v) is 11.4. The van der Waals surface area contributed by atoms with Crippen LogP contribution in [0.1, 0.15) is 17.5 Å². The molecule has 0 N–H and O–H groups in total. The Hall–Kier alpha value is -2.29. The van der Waals surface area contributed by atoms with Crippen LogP contribution < -0.4 is 0 Å². The Balaban J connectivity index is 1.36. The van der Waals surface area contributed by atoms with Crippen molar-refractivity contribution in [2.45, 2.75) is 30.8 Å². The number of hydrogen-bond donors (Lipinski definition) is 0. The van der Waals surface area contributed by atoms with E-state index in [1.54, 1.807) is 24.5 Å². The van der Waals surface area contributed by atoms with E-state index in [2.05, 4.69) is 9.88 Å². The fourth-order valence-electron chi connectivity index (χ4n) is 4.05. The van der Waals surface area contributed by atoms with E-state index in [0.29, 0.717) is 37.6 Å². The van der Waals surface area contributed by atoms with Crippen LogP contribution in [0, 0.1) is 6.92 Å². The van der Waals surface area contributed by atoms with Gasteiger partial charge in [0, 0.05) is 51.7 Å². The molecule has 2 fully saturated rings. The van der Waals surface area contributed by atoms with Gasteiger partial charge in [-0.1, -0.05) is 23.8 Å². The zero-order valence-electron chi connectivity index (χ0n) is 16.6. The van der Waals surface area contributed by atoms with Crippen molar-refractivity contribution < 1.29 is 13.2 Å². The minimum atomic E-state index is -3.49. The van der Waals surface area contributed by atoms with Crippen LogP contribution in [0.3, 0.4) is 0 Å². The van der Waals surface area contributed by atoms with E-state index in [-0.39, 0.29) is 11.9 Å². The molecule has 3 heterocycles. The Bertz CT molecular complexity index is 955. The predicted octanol–water partition coefficient (Wildman–Crippen LogP) is 1.50. The molecule has 0 saturated carbocycles. The Morgan fingerprint density at radius 3 is 2.41 bits per heavy atom. The van der Waals surface area contributed by atoms with Crippen molar-refractivity contribution in [1.29, 1.82) is 0 Å². The quantitative estimate of drug-likeness (QED) is 0.741. The van der Waals surface area contributed by atoms with Crippen LogP contribution in [0.2, 0.25) is 0 Å². The van der Waals surface area contributed by atoms with E-state index < -0.39 is 10.0 Å². The lowest BCUT2D eigenvalue weighted by Crippen LogP contribution is -2.53. The Morgan fingerprint density at radius 1 is 1.03 bits per heavy atom. The normalized spacial score (nSPS) is 21.6. The van der Waals surface area contributed by atoms with Gasteiger partial charge in [-0.2, -0.15) is 4.31 Å². The van der Waals surface area contributed by atoms with E-state index in [4.69, 9.17) is 0 Å². The summed E-state index contributed by atoms with van der Waals surface area (Å²) in [5.41, 5.74) is 2.06. The molecule has 1 aromatic heterocycles. The summed E-state index contributed by atoms with van der Waals surface area (Å²) in [5, 5.41) is 0. The predicted molar refractivity (Wildman–Crippen MR) is 110 cm³/mol. The highest BCUT2D eigenvalue weighted by molar-refractivity contribution is 7.89. The molecule has 1 aromatic carbocycles. The maximum Gasteiger partial charge on any atom is 0.243 e. The summed E-state index contributed by atoms with van der Waals surface area (Å²) in [5.74, 6) is 0.128. The van der Waals surface area contributed by atoms with Crippen molar-refractivity contribution in [3.8, 4) is 0 Å². The molecule has 7 nitrogen and oxygen atoms in total. The number of carbonyl (C=O) groups excluding carboxylic acids is 1. The summed E-state index contributed by atoms with van der Waals surface area (Å²) in [6, 6.07) is 10.6. The van der Waals surface area contributed by atoms with Crippen LogP contribution in [-0.4, -0.2) is 72.2 Å². The van der Waals surface area contributed by atoms with E-state index in [1.807, 2.05) is 36.1 Å². The number of sulfonamides is 1. The molecule has 0 aliphatic carbocycles. The van der Waals surface area contributed by atoms with E-state index >= 15 is 0 Å². The Kier molecular flexibility index (Phi) is 5.67. The summed E-state index contributed by atoms with van der Waals surface area (Å²) >= 11 is 0. The number of benzene rings is 1. The summed E-state index contributed by atoms with van der Waals surface area (Å²) in [7, 11) is -3.49. The third kappa shape index (κ3) is 4.19. The summed E-state index contributed by atoms with van der Waals surface area (Å²) < 4.78 is 27.3. The molecule has 0 spiro atoms. The number of aryl methyl sites for hydroxylation is 1. The van der Waals surface area contributed by atoms with Crippen LogP contribution in [0.5, 0.6) is 0 Å². The first-order chi connectivity index (χ1) is 13.9. The molecule has 1 atom stereocenters. The van der Waals surface area contributed by atoms with Crippen LogP contribution in [0.25, 0.3) is 0 Å². The first-order valence-electron chi connectivity index (χ1n) is 9.94. The van der Waals surface area contributed by atoms with Gasteiger partial charge in [0.05, 0.1) is 10.9 Å². The summed E-state index contributed by atoms with van der Waals surface area (Å²) in [4.78, 5) is 21.3. The van der Waals surface area contributed by atoms with Crippen LogP contribution >= 0.6 is 0 Å². The van der Waals surface area contributed by atoms with Gasteiger partial charge < -0.3 is 4.90 Å². The minimum absolute atomic E-state index is 0.128. The number of aromatic nitrogens is 1.